The Labute approximate surface area is 65.0 Å². The molecule has 1 rings (SSSR count). The lowest BCUT2D eigenvalue weighted by Gasteiger charge is -1.85. The van der Waals surface area contributed by atoms with Crippen molar-refractivity contribution in [3.05, 3.63) is 15.5 Å². The number of hydrogen-bond acceptors (Lipinski definition) is 2. The maximum Gasteiger partial charge on any atom is 0.267 e. The molecule has 5 heteroatoms. The third-order valence-electron chi connectivity index (χ3n) is 0.839. The monoisotopic (exact) mass is 237 g/mol. The summed E-state index contributed by atoms with van der Waals surface area (Å²) < 4.78 is 0.750. The number of carbonyl (C=O) groups excluding carboxylic acids is 1. The predicted octanol–water partition coefficient (Wildman–Crippen LogP) is 0.113. The summed E-state index contributed by atoms with van der Waals surface area (Å²) >= 11 is 1.98. The molecule has 9 heavy (non-hydrogen) atoms. The highest BCUT2D eigenvalue weighted by atomic mass is 127. The van der Waals surface area contributed by atoms with Crippen molar-refractivity contribution in [2.45, 2.75) is 0 Å². The van der Waals surface area contributed by atoms with Crippen molar-refractivity contribution in [2.75, 3.05) is 0 Å². The lowest BCUT2D eigenvalue weighted by atomic mass is 10.4. The molecular weight excluding hydrogens is 233 g/mol. The molecule has 0 saturated carbocycles. The summed E-state index contributed by atoms with van der Waals surface area (Å²) in [5.74, 6) is -0.475. The number of aromatic nitrogens is 2. The second-order valence-corrected chi connectivity index (χ2v) is 2.62. The van der Waals surface area contributed by atoms with Gasteiger partial charge < -0.3 is 5.73 Å². The maximum atomic E-state index is 10.4. The molecule has 0 radical (unpaired) electrons. The van der Waals surface area contributed by atoms with Crippen LogP contribution in [0.5, 0.6) is 0 Å². The Balaban J connectivity index is 3.08. The highest BCUT2D eigenvalue weighted by molar-refractivity contribution is 14.1. The number of nitrogens with two attached hydrogens (primary N) is 1. The molecule has 0 aromatic carbocycles. The van der Waals surface area contributed by atoms with Crippen LogP contribution in [0.4, 0.5) is 0 Å². The van der Waals surface area contributed by atoms with Crippen LogP contribution in [0.1, 0.15) is 10.5 Å². The molecule has 4 nitrogen and oxygen atoms in total. The van der Waals surface area contributed by atoms with E-state index < -0.39 is 5.91 Å². The highest BCUT2D eigenvalue weighted by Gasteiger charge is 2.05. The maximum absolute atomic E-state index is 10.4. The van der Waals surface area contributed by atoms with Gasteiger partial charge in [0.15, 0.2) is 0 Å². The van der Waals surface area contributed by atoms with E-state index in [9.17, 15) is 4.79 Å². The van der Waals surface area contributed by atoms with Gasteiger partial charge in [-0.05, 0) is 22.6 Å². The van der Waals surface area contributed by atoms with E-state index in [1.54, 1.807) is 6.20 Å². The summed E-state index contributed by atoms with van der Waals surface area (Å²) in [4.78, 5) is 10.4. The molecule has 0 saturated heterocycles. The number of rotatable bonds is 1. The van der Waals surface area contributed by atoms with Gasteiger partial charge in [-0.2, -0.15) is 5.10 Å². The number of H-pyrrole nitrogens is 1. The first-order valence-electron chi connectivity index (χ1n) is 2.20. The SMILES string of the molecule is NC(=O)c1[nH]ncc1I. The molecule has 1 amide bonds. The number of carbonyl (C=O) groups is 1. The second-order valence-electron chi connectivity index (χ2n) is 1.46. The zero-order valence-corrected chi connectivity index (χ0v) is 6.55. The minimum absolute atomic E-state index is 0.371. The van der Waals surface area contributed by atoms with E-state index in [2.05, 4.69) is 10.2 Å². The smallest absolute Gasteiger partial charge is 0.267 e. The van der Waals surface area contributed by atoms with Gasteiger partial charge in [0.05, 0.1) is 9.77 Å². The Kier molecular flexibility index (Phi) is 1.70. The molecule has 0 unspecified atom stereocenters. The van der Waals surface area contributed by atoms with Gasteiger partial charge in [0.2, 0.25) is 0 Å². The van der Waals surface area contributed by atoms with E-state index in [0.29, 0.717) is 5.69 Å². The number of nitrogens with one attached hydrogen (secondary N) is 1. The molecule has 0 atom stereocenters. The third-order valence-corrected chi connectivity index (χ3v) is 1.66. The molecule has 0 spiro atoms. The van der Waals surface area contributed by atoms with E-state index in [0.717, 1.165) is 3.57 Å². The van der Waals surface area contributed by atoms with Crippen LogP contribution in [0, 0.1) is 3.57 Å². The van der Waals surface area contributed by atoms with Crippen LogP contribution in [-0.4, -0.2) is 16.1 Å². The van der Waals surface area contributed by atoms with Crippen LogP contribution in [0.3, 0.4) is 0 Å². The number of amides is 1. The van der Waals surface area contributed by atoms with Crippen molar-refractivity contribution < 1.29 is 4.79 Å². The third kappa shape index (κ3) is 1.21. The van der Waals surface area contributed by atoms with Crippen molar-refractivity contribution in [3.8, 4) is 0 Å². The van der Waals surface area contributed by atoms with Gasteiger partial charge in [0.25, 0.3) is 5.91 Å². The van der Waals surface area contributed by atoms with Crippen molar-refractivity contribution in [1.82, 2.24) is 10.2 Å². The molecule has 1 heterocycles. The van der Waals surface area contributed by atoms with Gasteiger partial charge in [-0.15, -0.1) is 0 Å². The summed E-state index contributed by atoms with van der Waals surface area (Å²) in [6, 6.07) is 0. The standard InChI is InChI=1S/C4H4IN3O/c5-2-1-7-8-3(2)4(6)9/h1H,(H2,6,9)(H,7,8). The summed E-state index contributed by atoms with van der Waals surface area (Å²) in [6.07, 6.45) is 1.54. The van der Waals surface area contributed by atoms with E-state index in [1.165, 1.54) is 0 Å². The molecule has 1 aromatic rings. The minimum atomic E-state index is -0.475. The Hall–Kier alpha value is -0.590. The van der Waals surface area contributed by atoms with Gasteiger partial charge in [-0.3, -0.25) is 9.89 Å². The number of aromatic amines is 1. The fourth-order valence-electron chi connectivity index (χ4n) is 0.444. The zero-order chi connectivity index (χ0) is 6.85. The van der Waals surface area contributed by atoms with E-state index in [4.69, 9.17) is 5.73 Å². The number of nitrogens with zero attached hydrogens (tertiary/aromatic N) is 1. The molecular formula is C4H4IN3O. The van der Waals surface area contributed by atoms with Gasteiger partial charge in [0.1, 0.15) is 5.69 Å². The fourth-order valence-corrected chi connectivity index (χ4v) is 0.970. The first-order valence-corrected chi connectivity index (χ1v) is 3.28. The summed E-state index contributed by atoms with van der Waals surface area (Å²) in [6.45, 7) is 0. The number of primary amides is 1. The van der Waals surface area contributed by atoms with Crippen molar-refractivity contribution in [1.29, 1.82) is 0 Å². The van der Waals surface area contributed by atoms with Crippen LogP contribution in [0.25, 0.3) is 0 Å². The predicted molar refractivity (Wildman–Crippen MR) is 39.8 cm³/mol. The second kappa shape index (κ2) is 2.34. The fraction of sp³-hybridized carbons (Fsp3) is 0. The Bertz CT molecular complexity index is 231. The molecule has 3 N–H and O–H groups in total. The Morgan fingerprint density at radius 2 is 2.56 bits per heavy atom. The van der Waals surface area contributed by atoms with Crippen LogP contribution in [-0.2, 0) is 0 Å². The molecule has 48 valence electrons. The van der Waals surface area contributed by atoms with Crippen LogP contribution >= 0.6 is 22.6 Å². The molecule has 0 aliphatic rings. The molecule has 1 aromatic heterocycles. The van der Waals surface area contributed by atoms with Crippen LogP contribution < -0.4 is 5.73 Å². The molecule has 0 aliphatic heterocycles. The van der Waals surface area contributed by atoms with Gasteiger partial charge in [-0.1, -0.05) is 0 Å². The number of halogens is 1. The van der Waals surface area contributed by atoms with Crippen LogP contribution in [0.15, 0.2) is 6.20 Å². The normalized spacial score (nSPS) is 9.44. The van der Waals surface area contributed by atoms with E-state index in [1.807, 2.05) is 22.6 Å². The van der Waals surface area contributed by atoms with Crippen molar-refractivity contribution in [3.63, 3.8) is 0 Å². The highest BCUT2D eigenvalue weighted by Crippen LogP contribution is 2.05. The molecule has 0 fully saturated rings. The average Bonchev–Trinajstić information content (AvgIpc) is 2.13. The minimum Gasteiger partial charge on any atom is -0.364 e. The lowest BCUT2D eigenvalue weighted by molar-refractivity contribution is 0.0994. The summed E-state index contributed by atoms with van der Waals surface area (Å²) in [5, 5.41) is 6.08. The average molecular weight is 237 g/mol. The van der Waals surface area contributed by atoms with Gasteiger partial charge in [0, 0.05) is 0 Å². The van der Waals surface area contributed by atoms with E-state index in [-0.39, 0.29) is 0 Å². The van der Waals surface area contributed by atoms with E-state index >= 15 is 0 Å². The van der Waals surface area contributed by atoms with Gasteiger partial charge in [-0.25, -0.2) is 0 Å². The van der Waals surface area contributed by atoms with Gasteiger partial charge >= 0.3 is 0 Å². The Morgan fingerprint density at radius 1 is 1.89 bits per heavy atom. The lowest BCUT2D eigenvalue weighted by Crippen LogP contribution is -2.12. The Morgan fingerprint density at radius 3 is 2.78 bits per heavy atom. The first-order chi connectivity index (χ1) is 4.22. The zero-order valence-electron chi connectivity index (χ0n) is 4.39. The van der Waals surface area contributed by atoms with Crippen molar-refractivity contribution in [2.24, 2.45) is 5.73 Å². The number of hydrogen-bond donors (Lipinski definition) is 2. The summed E-state index contributed by atoms with van der Waals surface area (Å²) in [5.41, 5.74) is 5.31. The van der Waals surface area contributed by atoms with Crippen molar-refractivity contribution >= 4 is 28.5 Å². The van der Waals surface area contributed by atoms with Crippen LogP contribution in [0.2, 0.25) is 0 Å². The molecule has 0 aliphatic carbocycles. The molecule has 0 bridgehead atoms. The topological polar surface area (TPSA) is 71.8 Å². The summed E-state index contributed by atoms with van der Waals surface area (Å²) in [7, 11) is 0. The largest absolute Gasteiger partial charge is 0.364 e. The first kappa shape index (κ1) is 6.53. The quantitative estimate of drug-likeness (QED) is 0.680.